The van der Waals surface area contributed by atoms with Crippen LogP contribution in [0.4, 0.5) is 0 Å². The van der Waals surface area contributed by atoms with Gasteiger partial charge in [0, 0.05) is 36.9 Å². The lowest BCUT2D eigenvalue weighted by Gasteiger charge is -2.09. The first-order valence-electron chi connectivity index (χ1n) is 7.40. The second-order valence-corrected chi connectivity index (χ2v) is 5.82. The molecule has 0 aliphatic carbocycles. The number of aromatic nitrogens is 3. The maximum absolute atomic E-state index is 12.4. The number of amides is 1. The van der Waals surface area contributed by atoms with E-state index in [0.717, 1.165) is 21.8 Å². The van der Waals surface area contributed by atoms with Gasteiger partial charge in [0.1, 0.15) is 5.03 Å². The van der Waals surface area contributed by atoms with E-state index in [4.69, 9.17) is 0 Å². The molecular formula is C18H16N4OS. The smallest absolute Gasteiger partial charge is 0.254 e. The number of rotatable bonds is 5. The first-order valence-corrected chi connectivity index (χ1v) is 8.63. The highest BCUT2D eigenvalue weighted by Gasteiger charge is 2.11. The van der Waals surface area contributed by atoms with Crippen LogP contribution in [0.1, 0.15) is 15.9 Å². The molecule has 3 heterocycles. The zero-order valence-corrected chi connectivity index (χ0v) is 14.0. The van der Waals surface area contributed by atoms with Crippen molar-refractivity contribution in [3.63, 3.8) is 0 Å². The molecule has 0 aliphatic heterocycles. The molecule has 0 bridgehead atoms. The van der Waals surface area contributed by atoms with Gasteiger partial charge in [-0.2, -0.15) is 0 Å². The summed E-state index contributed by atoms with van der Waals surface area (Å²) in [4.78, 5) is 25.0. The van der Waals surface area contributed by atoms with Crippen LogP contribution in [0, 0.1) is 0 Å². The molecule has 0 saturated carbocycles. The van der Waals surface area contributed by atoms with Gasteiger partial charge < -0.3 is 5.32 Å². The monoisotopic (exact) mass is 336 g/mol. The van der Waals surface area contributed by atoms with Gasteiger partial charge >= 0.3 is 0 Å². The summed E-state index contributed by atoms with van der Waals surface area (Å²) in [6.45, 7) is 0.433. The number of carbonyl (C=O) groups excluding carboxylic acids is 1. The van der Waals surface area contributed by atoms with E-state index in [1.807, 2.05) is 30.5 Å². The third-order valence-corrected chi connectivity index (χ3v) is 4.17. The first kappa shape index (κ1) is 16.1. The van der Waals surface area contributed by atoms with Gasteiger partial charge in [0.15, 0.2) is 0 Å². The zero-order chi connectivity index (χ0) is 16.8. The number of carbonyl (C=O) groups is 1. The fourth-order valence-corrected chi connectivity index (χ4v) is 2.82. The maximum atomic E-state index is 12.4. The molecule has 0 aromatic carbocycles. The highest BCUT2D eigenvalue weighted by atomic mass is 32.2. The van der Waals surface area contributed by atoms with Crippen molar-refractivity contribution in [3.8, 4) is 11.3 Å². The second-order valence-electron chi connectivity index (χ2n) is 5.03. The highest BCUT2D eigenvalue weighted by Crippen LogP contribution is 2.18. The summed E-state index contributed by atoms with van der Waals surface area (Å²) in [7, 11) is 0. The Hall–Kier alpha value is -2.73. The topological polar surface area (TPSA) is 67.8 Å². The van der Waals surface area contributed by atoms with Gasteiger partial charge in [0.05, 0.1) is 11.3 Å². The minimum Gasteiger partial charge on any atom is -0.348 e. The molecule has 0 atom stereocenters. The standard InChI is InChI=1S/C18H16N4OS/c1-24-18-15(3-2-7-21-18)17(23)22-12-13-4-10-20-16(11-13)14-5-8-19-9-6-14/h2-11H,12H2,1H3,(H,22,23). The van der Waals surface area contributed by atoms with Gasteiger partial charge in [-0.25, -0.2) is 4.98 Å². The van der Waals surface area contributed by atoms with Crippen molar-refractivity contribution in [2.45, 2.75) is 11.6 Å². The van der Waals surface area contributed by atoms with Crippen molar-refractivity contribution in [3.05, 3.63) is 72.3 Å². The Labute approximate surface area is 144 Å². The molecule has 1 N–H and O–H groups in total. The molecule has 0 fully saturated rings. The van der Waals surface area contributed by atoms with Crippen molar-refractivity contribution in [2.75, 3.05) is 6.26 Å². The van der Waals surface area contributed by atoms with Crippen molar-refractivity contribution in [1.82, 2.24) is 20.3 Å². The third kappa shape index (κ3) is 3.78. The first-order chi connectivity index (χ1) is 11.8. The number of thioether (sulfide) groups is 1. The van der Waals surface area contributed by atoms with Gasteiger partial charge in [-0.05, 0) is 48.2 Å². The number of hydrogen-bond donors (Lipinski definition) is 1. The van der Waals surface area contributed by atoms with Crippen LogP contribution >= 0.6 is 11.8 Å². The molecule has 5 nitrogen and oxygen atoms in total. The van der Waals surface area contributed by atoms with E-state index in [2.05, 4.69) is 20.3 Å². The van der Waals surface area contributed by atoms with E-state index in [0.29, 0.717) is 12.1 Å². The summed E-state index contributed by atoms with van der Waals surface area (Å²) < 4.78 is 0. The van der Waals surface area contributed by atoms with Crippen LogP contribution in [0.25, 0.3) is 11.3 Å². The minimum absolute atomic E-state index is 0.130. The van der Waals surface area contributed by atoms with Crippen LogP contribution in [0.5, 0.6) is 0 Å². The SMILES string of the molecule is CSc1ncccc1C(=O)NCc1ccnc(-c2ccncc2)c1. The lowest BCUT2D eigenvalue weighted by atomic mass is 10.1. The van der Waals surface area contributed by atoms with Gasteiger partial charge in [-0.1, -0.05) is 0 Å². The van der Waals surface area contributed by atoms with Crippen LogP contribution in [0.3, 0.4) is 0 Å². The Morgan fingerprint density at radius 3 is 2.71 bits per heavy atom. The summed E-state index contributed by atoms with van der Waals surface area (Å²) in [5.74, 6) is -0.130. The second kappa shape index (κ2) is 7.70. The fraction of sp³-hybridized carbons (Fsp3) is 0.111. The number of hydrogen-bond acceptors (Lipinski definition) is 5. The van der Waals surface area contributed by atoms with Crippen molar-refractivity contribution >= 4 is 17.7 Å². The molecule has 0 spiro atoms. The van der Waals surface area contributed by atoms with Crippen LogP contribution in [-0.2, 0) is 6.54 Å². The van der Waals surface area contributed by atoms with E-state index in [1.54, 1.807) is 36.9 Å². The summed E-state index contributed by atoms with van der Waals surface area (Å²) in [6, 6.07) is 11.2. The maximum Gasteiger partial charge on any atom is 0.254 e. The molecule has 3 aromatic heterocycles. The molecule has 120 valence electrons. The van der Waals surface area contributed by atoms with Crippen LogP contribution in [-0.4, -0.2) is 27.1 Å². The average Bonchev–Trinajstić information content (AvgIpc) is 2.67. The molecule has 0 saturated heterocycles. The molecule has 0 aliphatic rings. The molecule has 0 unspecified atom stereocenters. The van der Waals surface area contributed by atoms with Gasteiger partial charge in [0.25, 0.3) is 5.91 Å². The summed E-state index contributed by atoms with van der Waals surface area (Å²) in [5, 5.41) is 3.66. The summed E-state index contributed by atoms with van der Waals surface area (Å²) in [6.07, 6.45) is 8.81. The van der Waals surface area contributed by atoms with Crippen LogP contribution in [0.2, 0.25) is 0 Å². The molecule has 0 radical (unpaired) electrons. The Morgan fingerprint density at radius 2 is 1.92 bits per heavy atom. The van der Waals surface area contributed by atoms with Gasteiger partial charge in [-0.3, -0.25) is 14.8 Å². The van der Waals surface area contributed by atoms with Gasteiger partial charge in [0.2, 0.25) is 0 Å². The van der Waals surface area contributed by atoms with Crippen molar-refractivity contribution < 1.29 is 4.79 Å². The molecule has 3 rings (SSSR count). The van der Waals surface area contributed by atoms with Crippen molar-refractivity contribution in [1.29, 1.82) is 0 Å². The normalized spacial score (nSPS) is 10.4. The molecule has 1 amide bonds. The van der Waals surface area contributed by atoms with Crippen LogP contribution in [0.15, 0.2) is 66.2 Å². The minimum atomic E-state index is -0.130. The van der Waals surface area contributed by atoms with E-state index in [-0.39, 0.29) is 5.91 Å². The van der Waals surface area contributed by atoms with E-state index < -0.39 is 0 Å². The molecule has 6 heteroatoms. The van der Waals surface area contributed by atoms with E-state index in [9.17, 15) is 4.79 Å². The summed E-state index contributed by atoms with van der Waals surface area (Å²) in [5.41, 5.74) is 3.43. The van der Waals surface area contributed by atoms with Gasteiger partial charge in [-0.15, -0.1) is 11.8 Å². The quantitative estimate of drug-likeness (QED) is 0.725. The summed E-state index contributed by atoms with van der Waals surface area (Å²) >= 11 is 1.46. The Morgan fingerprint density at radius 1 is 1.08 bits per heavy atom. The lowest BCUT2D eigenvalue weighted by molar-refractivity contribution is 0.0947. The zero-order valence-electron chi connectivity index (χ0n) is 13.1. The number of nitrogens with zero attached hydrogens (tertiary/aromatic N) is 3. The predicted molar refractivity (Wildman–Crippen MR) is 94.7 cm³/mol. The molecule has 24 heavy (non-hydrogen) atoms. The largest absolute Gasteiger partial charge is 0.348 e. The third-order valence-electron chi connectivity index (χ3n) is 3.46. The predicted octanol–water partition coefficient (Wildman–Crippen LogP) is 3.19. The van der Waals surface area contributed by atoms with Crippen LogP contribution < -0.4 is 5.32 Å². The fourth-order valence-electron chi connectivity index (χ4n) is 2.27. The lowest BCUT2D eigenvalue weighted by Crippen LogP contribution is -2.23. The number of pyridine rings is 3. The van der Waals surface area contributed by atoms with E-state index in [1.165, 1.54) is 11.8 Å². The average molecular weight is 336 g/mol. The Bertz CT molecular complexity index is 839. The Balaban J connectivity index is 1.72. The number of nitrogens with one attached hydrogen (secondary N) is 1. The molecular weight excluding hydrogens is 320 g/mol. The van der Waals surface area contributed by atoms with Crippen molar-refractivity contribution in [2.24, 2.45) is 0 Å². The molecule has 3 aromatic rings. The Kier molecular flexibility index (Phi) is 5.18. The highest BCUT2D eigenvalue weighted by molar-refractivity contribution is 7.98. The van der Waals surface area contributed by atoms with E-state index >= 15 is 0 Å².